The van der Waals surface area contributed by atoms with Gasteiger partial charge in [0.1, 0.15) is 0 Å². The number of nitrogens with one attached hydrogen (secondary N) is 2. The summed E-state index contributed by atoms with van der Waals surface area (Å²) in [4.78, 5) is 12.8. The van der Waals surface area contributed by atoms with E-state index in [0.717, 1.165) is 36.6 Å². The fourth-order valence-electron chi connectivity index (χ4n) is 3.27. The monoisotopic (exact) mass is 358 g/mol. The van der Waals surface area contributed by atoms with E-state index < -0.39 is 10.0 Å². The molecule has 0 spiro atoms. The summed E-state index contributed by atoms with van der Waals surface area (Å²) in [7, 11) is -3.37. The van der Waals surface area contributed by atoms with E-state index in [1.165, 1.54) is 5.56 Å². The van der Waals surface area contributed by atoms with Gasteiger partial charge in [0.05, 0.1) is 17.9 Å². The van der Waals surface area contributed by atoms with Crippen molar-refractivity contribution in [1.82, 2.24) is 0 Å². The molecule has 0 bridgehead atoms. The minimum Gasteiger partial charge on any atom is -0.325 e. The van der Waals surface area contributed by atoms with Crippen LogP contribution in [0.3, 0.4) is 0 Å². The summed E-state index contributed by atoms with van der Waals surface area (Å²) in [5.41, 5.74) is 4.19. The Morgan fingerprint density at radius 3 is 2.68 bits per heavy atom. The summed E-state index contributed by atoms with van der Waals surface area (Å²) in [5.74, 6) is -0.223. The number of hydrogen-bond acceptors (Lipinski definition) is 3. The van der Waals surface area contributed by atoms with Gasteiger partial charge in [-0.1, -0.05) is 30.3 Å². The van der Waals surface area contributed by atoms with Gasteiger partial charge in [-0.3, -0.25) is 9.52 Å². The average Bonchev–Trinajstić information content (AvgIpc) is 2.56. The lowest BCUT2D eigenvalue weighted by atomic mass is 9.82. The second kappa shape index (κ2) is 6.88. The molecule has 0 heterocycles. The predicted molar refractivity (Wildman–Crippen MR) is 100 cm³/mol. The second-order valence-corrected chi connectivity index (χ2v) is 8.29. The van der Waals surface area contributed by atoms with Gasteiger partial charge in [-0.2, -0.15) is 0 Å². The van der Waals surface area contributed by atoms with Gasteiger partial charge in [0.25, 0.3) is 0 Å². The lowest BCUT2D eigenvalue weighted by molar-refractivity contribution is -0.117. The smallest absolute Gasteiger partial charge is 0.231 e. The molecule has 1 amide bonds. The highest BCUT2D eigenvalue weighted by Gasteiger charge is 2.26. The van der Waals surface area contributed by atoms with E-state index in [9.17, 15) is 13.2 Å². The van der Waals surface area contributed by atoms with Gasteiger partial charge < -0.3 is 5.32 Å². The molecule has 5 nitrogen and oxygen atoms in total. The van der Waals surface area contributed by atoms with E-state index in [1.54, 1.807) is 18.2 Å². The summed E-state index contributed by atoms with van der Waals surface area (Å²) in [6.45, 7) is 1.82. The van der Waals surface area contributed by atoms with Crippen LogP contribution < -0.4 is 10.0 Å². The van der Waals surface area contributed by atoms with Crippen LogP contribution in [0.2, 0.25) is 0 Å². The van der Waals surface area contributed by atoms with Gasteiger partial charge in [0.15, 0.2) is 0 Å². The molecule has 1 aliphatic rings. The Balaban J connectivity index is 1.81. The van der Waals surface area contributed by atoms with Gasteiger partial charge in [-0.15, -0.1) is 0 Å². The predicted octanol–water partition coefficient (Wildman–Crippen LogP) is 3.43. The van der Waals surface area contributed by atoms with Crippen LogP contribution in [0.25, 0.3) is 0 Å². The minimum absolute atomic E-state index is 0.0543. The highest BCUT2D eigenvalue weighted by atomic mass is 32.2. The summed E-state index contributed by atoms with van der Waals surface area (Å²) >= 11 is 0. The molecule has 0 saturated carbocycles. The third-order valence-corrected chi connectivity index (χ3v) is 5.08. The van der Waals surface area contributed by atoms with E-state index >= 15 is 0 Å². The number of sulfonamides is 1. The Hall–Kier alpha value is -2.34. The van der Waals surface area contributed by atoms with Crippen molar-refractivity contribution in [3.63, 3.8) is 0 Å². The molecule has 25 heavy (non-hydrogen) atoms. The molecule has 1 atom stereocenters. The van der Waals surface area contributed by atoms with Gasteiger partial charge in [-0.05, 0) is 55.0 Å². The number of fused-ring (bicyclic) bond motifs is 1. The number of rotatable bonds is 4. The summed E-state index contributed by atoms with van der Waals surface area (Å²) < 4.78 is 25.4. The quantitative estimate of drug-likeness (QED) is 0.879. The first-order valence-corrected chi connectivity index (χ1v) is 10.2. The molecule has 2 aromatic rings. The Labute approximate surface area is 148 Å². The number of hydrogen-bond donors (Lipinski definition) is 2. The Kier molecular flexibility index (Phi) is 4.81. The third kappa shape index (κ3) is 4.20. The normalized spacial score (nSPS) is 16.8. The maximum Gasteiger partial charge on any atom is 0.231 e. The molecule has 3 rings (SSSR count). The molecule has 2 N–H and O–H groups in total. The molecular formula is C19H22N2O3S. The molecule has 0 aromatic heterocycles. The van der Waals surface area contributed by atoms with Gasteiger partial charge in [0.2, 0.25) is 15.9 Å². The number of benzene rings is 2. The van der Waals surface area contributed by atoms with Crippen LogP contribution in [0.5, 0.6) is 0 Å². The maximum absolute atomic E-state index is 12.8. The summed E-state index contributed by atoms with van der Waals surface area (Å²) in [6.07, 6.45) is 3.93. The zero-order valence-corrected chi connectivity index (χ0v) is 15.2. The average molecular weight is 358 g/mol. The van der Waals surface area contributed by atoms with Crippen molar-refractivity contribution in [3.05, 3.63) is 59.2 Å². The number of carbonyl (C=O) groups is 1. The number of amides is 1. The number of aryl methyl sites for hydroxylation is 2. The Bertz CT molecular complexity index is 907. The summed E-state index contributed by atoms with van der Waals surface area (Å²) in [5, 5.41) is 2.93. The van der Waals surface area contributed by atoms with Crippen molar-refractivity contribution < 1.29 is 13.2 Å². The maximum atomic E-state index is 12.8. The topological polar surface area (TPSA) is 75.3 Å². The van der Waals surface area contributed by atoms with Gasteiger partial charge in [0, 0.05) is 5.69 Å². The molecule has 1 unspecified atom stereocenters. The first-order valence-electron chi connectivity index (χ1n) is 8.30. The van der Waals surface area contributed by atoms with Crippen LogP contribution in [0.1, 0.15) is 35.4 Å². The largest absolute Gasteiger partial charge is 0.325 e. The van der Waals surface area contributed by atoms with Crippen molar-refractivity contribution in [1.29, 1.82) is 0 Å². The molecule has 0 saturated heterocycles. The van der Waals surface area contributed by atoms with Gasteiger partial charge >= 0.3 is 0 Å². The molecule has 0 radical (unpaired) electrons. The fraction of sp³-hybridized carbons (Fsp3) is 0.316. The first kappa shape index (κ1) is 17.5. The fourth-order valence-corrected chi connectivity index (χ4v) is 3.88. The van der Waals surface area contributed by atoms with Crippen LogP contribution >= 0.6 is 0 Å². The van der Waals surface area contributed by atoms with Crippen LogP contribution in [-0.4, -0.2) is 20.6 Å². The van der Waals surface area contributed by atoms with Crippen LogP contribution in [0.15, 0.2) is 42.5 Å². The van der Waals surface area contributed by atoms with E-state index in [1.807, 2.05) is 25.1 Å². The zero-order valence-electron chi connectivity index (χ0n) is 14.4. The number of carbonyl (C=O) groups excluding carboxylic acids is 1. The molecule has 6 heteroatoms. The van der Waals surface area contributed by atoms with Crippen LogP contribution in [-0.2, 0) is 21.2 Å². The van der Waals surface area contributed by atoms with Crippen molar-refractivity contribution >= 4 is 27.3 Å². The van der Waals surface area contributed by atoms with Crippen molar-refractivity contribution in [2.24, 2.45) is 0 Å². The van der Waals surface area contributed by atoms with Crippen molar-refractivity contribution in [3.8, 4) is 0 Å². The zero-order chi connectivity index (χ0) is 18.0. The SMILES string of the molecule is Cc1ccc(NC(=O)C2CCCc3ccccc32)cc1NS(C)(=O)=O. The van der Waals surface area contributed by atoms with E-state index in [2.05, 4.69) is 16.1 Å². The highest BCUT2D eigenvalue weighted by molar-refractivity contribution is 7.92. The molecule has 0 aliphatic heterocycles. The second-order valence-electron chi connectivity index (χ2n) is 6.54. The molecule has 1 aliphatic carbocycles. The van der Waals surface area contributed by atoms with Gasteiger partial charge in [-0.25, -0.2) is 8.42 Å². The Morgan fingerprint density at radius 1 is 1.16 bits per heavy atom. The van der Waals surface area contributed by atoms with E-state index in [0.29, 0.717) is 11.4 Å². The standard InChI is InChI=1S/C19H22N2O3S/c1-13-10-11-15(12-18(13)21-25(2,23)24)20-19(22)17-9-5-7-14-6-3-4-8-16(14)17/h3-4,6,8,10-12,17,21H,5,7,9H2,1-2H3,(H,20,22). The lowest BCUT2D eigenvalue weighted by Gasteiger charge is -2.24. The molecule has 2 aromatic carbocycles. The minimum atomic E-state index is -3.37. The van der Waals surface area contributed by atoms with Crippen LogP contribution in [0, 0.1) is 6.92 Å². The highest BCUT2D eigenvalue weighted by Crippen LogP contribution is 2.32. The van der Waals surface area contributed by atoms with Crippen LogP contribution in [0.4, 0.5) is 11.4 Å². The third-order valence-electron chi connectivity index (χ3n) is 4.49. The summed E-state index contributed by atoms with van der Waals surface area (Å²) in [6, 6.07) is 13.3. The van der Waals surface area contributed by atoms with Crippen molar-refractivity contribution in [2.75, 3.05) is 16.3 Å². The molecular weight excluding hydrogens is 336 g/mol. The first-order chi connectivity index (χ1) is 11.8. The lowest BCUT2D eigenvalue weighted by Crippen LogP contribution is -2.24. The number of anilines is 2. The van der Waals surface area contributed by atoms with Crippen molar-refractivity contribution in [2.45, 2.75) is 32.1 Å². The molecule has 132 valence electrons. The molecule has 0 fully saturated rings. The van der Waals surface area contributed by atoms with E-state index in [-0.39, 0.29) is 11.8 Å². The Morgan fingerprint density at radius 2 is 1.92 bits per heavy atom. The van der Waals surface area contributed by atoms with E-state index in [4.69, 9.17) is 0 Å².